The molecule has 0 atom stereocenters. The smallest absolute Gasteiger partial charge is 0.119 e. The lowest BCUT2D eigenvalue weighted by atomic mass is 9.80. The maximum atomic E-state index is 5.93. The summed E-state index contributed by atoms with van der Waals surface area (Å²) in [5.74, 6) is 0.903. The number of fused-ring (bicyclic) bond motifs is 5. The molecular weight excluding hydrogens is 472 g/mol. The van der Waals surface area contributed by atoms with Gasteiger partial charge in [0.25, 0.3) is 0 Å². The van der Waals surface area contributed by atoms with Crippen LogP contribution in [0.2, 0.25) is 0 Å². The predicted octanol–water partition coefficient (Wildman–Crippen LogP) is 10.4. The van der Waals surface area contributed by atoms with E-state index in [2.05, 4.69) is 143 Å². The molecule has 0 fully saturated rings. The van der Waals surface area contributed by atoms with Gasteiger partial charge in [-0.1, -0.05) is 111 Å². The molecule has 6 aromatic rings. The first-order valence-corrected chi connectivity index (χ1v) is 13.9. The lowest BCUT2D eigenvalue weighted by Crippen LogP contribution is -2.14. The molecule has 1 heteroatoms. The van der Waals surface area contributed by atoms with Crippen LogP contribution in [0.5, 0.6) is 5.75 Å². The summed E-state index contributed by atoms with van der Waals surface area (Å²) in [5, 5.41) is 5.10. The highest BCUT2D eigenvalue weighted by Gasteiger charge is 2.35. The van der Waals surface area contributed by atoms with Gasteiger partial charge < -0.3 is 4.74 Å². The molecule has 0 aromatic heterocycles. The van der Waals surface area contributed by atoms with E-state index < -0.39 is 0 Å². The Bertz CT molecular complexity index is 1820. The van der Waals surface area contributed by atoms with E-state index in [1.165, 1.54) is 66.1 Å². The van der Waals surface area contributed by atoms with Gasteiger partial charge in [-0.3, -0.25) is 0 Å². The van der Waals surface area contributed by atoms with Gasteiger partial charge in [-0.25, -0.2) is 0 Å². The second-order valence-electron chi connectivity index (χ2n) is 11.5. The van der Waals surface area contributed by atoms with E-state index in [0.29, 0.717) is 0 Å². The molecule has 0 saturated carbocycles. The number of hydrogen-bond acceptors (Lipinski definition) is 1. The topological polar surface area (TPSA) is 9.23 Å². The Hall–Kier alpha value is -4.36. The Morgan fingerprint density at radius 2 is 1.00 bits per heavy atom. The fourth-order valence-corrected chi connectivity index (χ4v) is 6.58. The zero-order valence-electron chi connectivity index (χ0n) is 23.0. The summed E-state index contributed by atoms with van der Waals surface area (Å²) in [4.78, 5) is 0. The van der Waals surface area contributed by atoms with Gasteiger partial charge in [0.05, 0.1) is 6.10 Å². The molecule has 39 heavy (non-hydrogen) atoms. The quantitative estimate of drug-likeness (QED) is 0.217. The molecule has 0 aliphatic heterocycles. The normalized spacial score (nSPS) is 13.6. The van der Waals surface area contributed by atoms with Gasteiger partial charge in [0.15, 0.2) is 0 Å². The zero-order valence-corrected chi connectivity index (χ0v) is 23.0. The van der Waals surface area contributed by atoms with Gasteiger partial charge in [0, 0.05) is 5.41 Å². The summed E-state index contributed by atoms with van der Waals surface area (Å²) in [7, 11) is 0. The van der Waals surface area contributed by atoms with Crippen molar-refractivity contribution in [3.05, 3.63) is 126 Å². The highest BCUT2D eigenvalue weighted by atomic mass is 16.5. The molecule has 6 aromatic carbocycles. The van der Waals surface area contributed by atoms with Crippen LogP contribution in [0.15, 0.2) is 115 Å². The largest absolute Gasteiger partial charge is 0.491 e. The van der Waals surface area contributed by atoms with Gasteiger partial charge in [0.2, 0.25) is 0 Å². The van der Waals surface area contributed by atoms with Crippen molar-refractivity contribution in [2.24, 2.45) is 0 Å². The molecule has 0 saturated heterocycles. The fourth-order valence-electron chi connectivity index (χ4n) is 6.58. The molecule has 1 aliphatic rings. The number of benzene rings is 6. The zero-order chi connectivity index (χ0) is 26.7. The monoisotopic (exact) mass is 504 g/mol. The second kappa shape index (κ2) is 8.85. The summed E-state index contributed by atoms with van der Waals surface area (Å²) in [5.41, 5.74) is 10.5. The third kappa shape index (κ3) is 3.68. The highest BCUT2D eigenvalue weighted by Crippen LogP contribution is 2.51. The Labute approximate surface area is 230 Å². The van der Waals surface area contributed by atoms with Crippen molar-refractivity contribution >= 4 is 21.5 Å². The van der Waals surface area contributed by atoms with Crippen LogP contribution in [0.3, 0.4) is 0 Å². The van der Waals surface area contributed by atoms with Crippen LogP contribution in [0, 0.1) is 0 Å². The molecule has 0 amide bonds. The van der Waals surface area contributed by atoms with Crippen molar-refractivity contribution in [1.29, 1.82) is 0 Å². The maximum absolute atomic E-state index is 5.93. The molecule has 1 nitrogen and oxygen atoms in total. The first-order chi connectivity index (χ1) is 18.9. The van der Waals surface area contributed by atoms with E-state index in [1.54, 1.807) is 0 Å². The Morgan fingerprint density at radius 1 is 0.513 bits per heavy atom. The first-order valence-electron chi connectivity index (χ1n) is 13.9. The standard InChI is InChI=1S/C38H32O/c1-24(2)39-27-20-17-25(18-21-27)36-30-12-5-7-14-32(30)37(33-15-8-6-13-31(33)36)26-19-22-29-28-11-9-10-16-34(28)38(3,4)35(29)23-26/h5-24H,1-4H3. The van der Waals surface area contributed by atoms with Crippen LogP contribution in [-0.4, -0.2) is 6.10 Å². The van der Waals surface area contributed by atoms with Crippen molar-refractivity contribution in [2.75, 3.05) is 0 Å². The Kier molecular flexibility index (Phi) is 5.39. The van der Waals surface area contributed by atoms with Crippen molar-refractivity contribution in [3.8, 4) is 39.1 Å². The summed E-state index contributed by atoms with van der Waals surface area (Å²) in [6.07, 6.45) is 0.155. The lowest BCUT2D eigenvalue weighted by molar-refractivity contribution is 0.242. The van der Waals surface area contributed by atoms with Gasteiger partial charge in [-0.05, 0) is 98.1 Å². The molecule has 0 bridgehead atoms. The SMILES string of the molecule is CC(C)Oc1ccc(-c2c3ccccc3c(-c3ccc4c(c3)C(C)(C)c3ccccc3-4)c3ccccc23)cc1. The average Bonchev–Trinajstić information content (AvgIpc) is 3.18. The first kappa shape index (κ1) is 23.7. The van der Waals surface area contributed by atoms with E-state index in [-0.39, 0.29) is 11.5 Å². The molecule has 0 heterocycles. The molecule has 7 rings (SSSR count). The highest BCUT2D eigenvalue weighted by molar-refractivity contribution is 6.21. The molecule has 0 radical (unpaired) electrons. The van der Waals surface area contributed by atoms with E-state index in [4.69, 9.17) is 4.74 Å². The van der Waals surface area contributed by atoms with E-state index in [9.17, 15) is 0 Å². The van der Waals surface area contributed by atoms with Crippen LogP contribution in [0.1, 0.15) is 38.8 Å². The van der Waals surface area contributed by atoms with Crippen molar-refractivity contribution < 1.29 is 4.74 Å². The number of rotatable bonds is 4. The predicted molar refractivity (Wildman–Crippen MR) is 166 cm³/mol. The van der Waals surface area contributed by atoms with Crippen LogP contribution in [0.25, 0.3) is 54.9 Å². The van der Waals surface area contributed by atoms with Crippen LogP contribution in [-0.2, 0) is 5.41 Å². The molecular formula is C38H32O. The lowest BCUT2D eigenvalue weighted by Gasteiger charge is -2.23. The molecule has 1 aliphatic carbocycles. The second-order valence-corrected chi connectivity index (χ2v) is 11.5. The van der Waals surface area contributed by atoms with Crippen LogP contribution < -0.4 is 4.74 Å². The fraction of sp³-hybridized carbons (Fsp3) is 0.158. The van der Waals surface area contributed by atoms with Gasteiger partial charge >= 0.3 is 0 Å². The van der Waals surface area contributed by atoms with E-state index in [1.807, 2.05) is 0 Å². The van der Waals surface area contributed by atoms with E-state index >= 15 is 0 Å². The third-order valence-corrected chi connectivity index (χ3v) is 8.32. The summed E-state index contributed by atoms with van der Waals surface area (Å²) in [6, 6.07) is 42.3. The minimum absolute atomic E-state index is 0.0344. The average molecular weight is 505 g/mol. The summed E-state index contributed by atoms with van der Waals surface area (Å²) >= 11 is 0. The van der Waals surface area contributed by atoms with Crippen LogP contribution >= 0.6 is 0 Å². The molecule has 0 N–H and O–H groups in total. The van der Waals surface area contributed by atoms with Gasteiger partial charge in [0.1, 0.15) is 5.75 Å². The number of hydrogen-bond donors (Lipinski definition) is 0. The summed E-state index contributed by atoms with van der Waals surface area (Å²) in [6.45, 7) is 8.83. The maximum Gasteiger partial charge on any atom is 0.119 e. The summed E-state index contributed by atoms with van der Waals surface area (Å²) < 4.78 is 5.93. The number of ether oxygens (including phenoxy) is 1. The van der Waals surface area contributed by atoms with Crippen molar-refractivity contribution in [1.82, 2.24) is 0 Å². The molecule has 0 spiro atoms. The Morgan fingerprint density at radius 3 is 1.59 bits per heavy atom. The van der Waals surface area contributed by atoms with Crippen LogP contribution in [0.4, 0.5) is 0 Å². The molecule has 190 valence electrons. The minimum atomic E-state index is -0.0344. The van der Waals surface area contributed by atoms with Crippen molar-refractivity contribution in [3.63, 3.8) is 0 Å². The third-order valence-electron chi connectivity index (χ3n) is 8.32. The molecule has 0 unspecified atom stereocenters. The van der Waals surface area contributed by atoms with E-state index in [0.717, 1.165) is 5.75 Å². The van der Waals surface area contributed by atoms with Crippen molar-refractivity contribution in [2.45, 2.75) is 39.2 Å². The van der Waals surface area contributed by atoms with Gasteiger partial charge in [-0.2, -0.15) is 0 Å². The Balaban J connectivity index is 1.49. The van der Waals surface area contributed by atoms with Gasteiger partial charge in [-0.15, -0.1) is 0 Å². The minimum Gasteiger partial charge on any atom is -0.491 e.